The van der Waals surface area contributed by atoms with Crippen molar-refractivity contribution in [2.24, 2.45) is 5.92 Å². The molecule has 1 atom stereocenters. The van der Waals surface area contributed by atoms with Crippen molar-refractivity contribution in [3.63, 3.8) is 0 Å². The molecular formula is C14H18F3N. The molecule has 0 heterocycles. The van der Waals surface area contributed by atoms with Gasteiger partial charge < -0.3 is 5.32 Å². The van der Waals surface area contributed by atoms with Crippen LogP contribution in [-0.2, 0) is 12.8 Å². The smallest absolute Gasteiger partial charge is 0.317 e. The molecule has 0 saturated heterocycles. The van der Waals surface area contributed by atoms with E-state index in [0.29, 0.717) is 0 Å². The van der Waals surface area contributed by atoms with Gasteiger partial charge in [-0.15, -0.1) is 0 Å². The molecule has 0 bridgehead atoms. The lowest BCUT2D eigenvalue weighted by Crippen LogP contribution is -2.35. The summed E-state index contributed by atoms with van der Waals surface area (Å²) in [5, 5.41) is 3.05. The Bertz CT molecular complexity index is 375. The molecule has 1 N–H and O–H groups in total. The van der Waals surface area contributed by atoms with Crippen molar-refractivity contribution in [2.75, 3.05) is 7.05 Å². The van der Waals surface area contributed by atoms with Crippen molar-refractivity contribution >= 4 is 0 Å². The first kappa shape index (κ1) is 13.4. The Morgan fingerprint density at radius 3 is 2.22 bits per heavy atom. The van der Waals surface area contributed by atoms with Gasteiger partial charge in [0.05, 0.1) is 0 Å². The minimum atomic E-state index is -4.06. The quantitative estimate of drug-likeness (QED) is 0.872. The van der Waals surface area contributed by atoms with Crippen LogP contribution in [0.2, 0.25) is 0 Å². The molecule has 1 aliphatic carbocycles. The molecule has 1 aromatic rings. The standard InChI is InChI=1S/C14H18F3N/c1-18-13(6-7-14(15,16)17)12-8-10-4-2-3-5-11(10)9-12/h2-5,12-13,18H,6-9H2,1H3. The molecule has 1 unspecified atom stereocenters. The maximum absolute atomic E-state index is 12.3. The van der Waals surface area contributed by atoms with Crippen LogP contribution in [0.15, 0.2) is 24.3 Å². The van der Waals surface area contributed by atoms with E-state index in [-0.39, 0.29) is 18.4 Å². The third kappa shape index (κ3) is 3.25. The number of fused-ring (bicyclic) bond motifs is 1. The van der Waals surface area contributed by atoms with Crippen molar-refractivity contribution < 1.29 is 13.2 Å². The lowest BCUT2D eigenvalue weighted by Gasteiger charge is -2.23. The predicted molar refractivity (Wildman–Crippen MR) is 65.5 cm³/mol. The number of hydrogen-bond acceptors (Lipinski definition) is 1. The van der Waals surface area contributed by atoms with Gasteiger partial charge in [0.1, 0.15) is 0 Å². The second-order valence-electron chi connectivity index (χ2n) is 4.99. The summed E-state index contributed by atoms with van der Waals surface area (Å²) in [5.74, 6) is 0.287. The normalized spacial score (nSPS) is 17.8. The molecular weight excluding hydrogens is 239 g/mol. The molecule has 0 radical (unpaired) electrons. The first-order valence-corrected chi connectivity index (χ1v) is 6.30. The maximum Gasteiger partial charge on any atom is 0.389 e. The van der Waals surface area contributed by atoms with Gasteiger partial charge >= 0.3 is 6.18 Å². The summed E-state index contributed by atoms with van der Waals surface area (Å²) in [6.07, 6.45) is -2.82. The zero-order valence-corrected chi connectivity index (χ0v) is 10.4. The molecule has 4 heteroatoms. The van der Waals surface area contributed by atoms with Crippen LogP contribution >= 0.6 is 0 Å². The first-order chi connectivity index (χ1) is 8.49. The van der Waals surface area contributed by atoms with Gasteiger partial charge in [0.2, 0.25) is 0 Å². The van der Waals surface area contributed by atoms with Crippen LogP contribution in [0.25, 0.3) is 0 Å². The van der Waals surface area contributed by atoms with Crippen LogP contribution in [-0.4, -0.2) is 19.3 Å². The van der Waals surface area contributed by atoms with Crippen molar-refractivity contribution in [3.05, 3.63) is 35.4 Å². The summed E-state index contributed by atoms with van der Waals surface area (Å²) in [6.45, 7) is 0. The van der Waals surface area contributed by atoms with Crippen LogP contribution in [0.4, 0.5) is 13.2 Å². The Kier molecular flexibility index (Phi) is 3.95. The Hall–Kier alpha value is -1.03. The second kappa shape index (κ2) is 5.31. The molecule has 0 fully saturated rings. The van der Waals surface area contributed by atoms with Crippen molar-refractivity contribution in [3.8, 4) is 0 Å². The van der Waals surface area contributed by atoms with Gasteiger partial charge in [0, 0.05) is 12.5 Å². The lowest BCUT2D eigenvalue weighted by atomic mass is 9.93. The number of benzene rings is 1. The topological polar surface area (TPSA) is 12.0 Å². The molecule has 1 nitrogen and oxygen atoms in total. The summed E-state index contributed by atoms with van der Waals surface area (Å²) in [7, 11) is 1.75. The van der Waals surface area contributed by atoms with E-state index >= 15 is 0 Å². The fraction of sp³-hybridized carbons (Fsp3) is 0.571. The Balaban J connectivity index is 1.96. The monoisotopic (exact) mass is 257 g/mol. The summed E-state index contributed by atoms with van der Waals surface area (Å²) >= 11 is 0. The predicted octanol–water partition coefficient (Wildman–Crippen LogP) is 3.33. The van der Waals surface area contributed by atoms with Gasteiger partial charge in [-0.2, -0.15) is 13.2 Å². The lowest BCUT2D eigenvalue weighted by molar-refractivity contribution is -0.137. The van der Waals surface area contributed by atoms with Gasteiger partial charge in [0.25, 0.3) is 0 Å². The van der Waals surface area contributed by atoms with Gasteiger partial charge in [-0.05, 0) is 43.4 Å². The van der Waals surface area contributed by atoms with E-state index in [1.165, 1.54) is 11.1 Å². The zero-order chi connectivity index (χ0) is 13.2. The molecule has 2 rings (SSSR count). The third-order valence-electron chi connectivity index (χ3n) is 3.76. The fourth-order valence-corrected chi connectivity index (χ4v) is 2.81. The molecule has 1 aliphatic rings. The van der Waals surface area contributed by atoms with Gasteiger partial charge in [-0.3, -0.25) is 0 Å². The Labute approximate surface area is 105 Å². The largest absolute Gasteiger partial charge is 0.389 e. The minimum absolute atomic E-state index is 0.0565. The number of alkyl halides is 3. The average Bonchev–Trinajstić information content (AvgIpc) is 2.71. The summed E-state index contributed by atoms with van der Waals surface area (Å²) in [5.41, 5.74) is 2.57. The van der Waals surface area contributed by atoms with Crippen molar-refractivity contribution in [2.45, 2.75) is 37.9 Å². The van der Waals surface area contributed by atoms with Gasteiger partial charge in [-0.25, -0.2) is 0 Å². The summed E-state index contributed by atoms with van der Waals surface area (Å²) in [6, 6.07) is 8.08. The van der Waals surface area contributed by atoms with E-state index in [2.05, 4.69) is 17.4 Å². The number of nitrogens with one attached hydrogen (secondary N) is 1. The number of halogens is 3. The minimum Gasteiger partial charge on any atom is -0.317 e. The van der Waals surface area contributed by atoms with Crippen molar-refractivity contribution in [1.82, 2.24) is 5.32 Å². The maximum atomic E-state index is 12.3. The van der Waals surface area contributed by atoms with E-state index in [4.69, 9.17) is 0 Å². The highest BCUT2D eigenvalue weighted by Crippen LogP contribution is 2.32. The molecule has 100 valence electrons. The van der Waals surface area contributed by atoms with E-state index in [1.807, 2.05) is 12.1 Å². The third-order valence-corrected chi connectivity index (χ3v) is 3.76. The van der Waals surface area contributed by atoms with E-state index < -0.39 is 12.6 Å². The SMILES string of the molecule is CNC(CCC(F)(F)F)C1Cc2ccccc2C1. The second-order valence-corrected chi connectivity index (χ2v) is 4.99. The molecule has 0 aliphatic heterocycles. The molecule has 0 amide bonds. The Morgan fingerprint density at radius 1 is 1.22 bits per heavy atom. The molecule has 0 spiro atoms. The van der Waals surface area contributed by atoms with Crippen molar-refractivity contribution in [1.29, 1.82) is 0 Å². The van der Waals surface area contributed by atoms with Gasteiger partial charge in [0.15, 0.2) is 0 Å². The van der Waals surface area contributed by atoms with E-state index in [9.17, 15) is 13.2 Å². The van der Waals surface area contributed by atoms with Crippen LogP contribution in [0.3, 0.4) is 0 Å². The number of rotatable bonds is 4. The van der Waals surface area contributed by atoms with Gasteiger partial charge in [-0.1, -0.05) is 24.3 Å². The molecule has 1 aromatic carbocycles. The summed E-state index contributed by atoms with van der Waals surface area (Å²) < 4.78 is 36.8. The molecule has 0 aromatic heterocycles. The van der Waals surface area contributed by atoms with Crippen LogP contribution < -0.4 is 5.32 Å². The summed E-state index contributed by atoms with van der Waals surface area (Å²) in [4.78, 5) is 0. The van der Waals surface area contributed by atoms with Crippen LogP contribution in [0, 0.1) is 5.92 Å². The van der Waals surface area contributed by atoms with E-state index in [0.717, 1.165) is 12.8 Å². The molecule has 0 saturated carbocycles. The molecule has 18 heavy (non-hydrogen) atoms. The highest BCUT2D eigenvalue weighted by atomic mass is 19.4. The number of hydrogen-bond donors (Lipinski definition) is 1. The average molecular weight is 257 g/mol. The van der Waals surface area contributed by atoms with E-state index in [1.54, 1.807) is 7.05 Å². The van der Waals surface area contributed by atoms with Crippen LogP contribution in [0.5, 0.6) is 0 Å². The highest BCUT2D eigenvalue weighted by Gasteiger charge is 2.32. The highest BCUT2D eigenvalue weighted by molar-refractivity contribution is 5.32. The van der Waals surface area contributed by atoms with Crippen LogP contribution in [0.1, 0.15) is 24.0 Å². The fourth-order valence-electron chi connectivity index (χ4n) is 2.81. The zero-order valence-electron chi connectivity index (χ0n) is 10.4. The first-order valence-electron chi connectivity index (χ1n) is 6.30. The Morgan fingerprint density at radius 2 is 1.78 bits per heavy atom.